The molecule has 0 heterocycles. The van der Waals surface area contributed by atoms with Gasteiger partial charge in [0.25, 0.3) is 0 Å². The van der Waals surface area contributed by atoms with Crippen LogP contribution in [0, 0.1) is 0 Å². The fourth-order valence-electron chi connectivity index (χ4n) is 1.90. The van der Waals surface area contributed by atoms with Crippen LogP contribution in [0.2, 0.25) is 5.02 Å². The predicted octanol–water partition coefficient (Wildman–Crippen LogP) is 4.21. The molecule has 0 radical (unpaired) electrons. The summed E-state index contributed by atoms with van der Waals surface area (Å²) in [6, 6.07) is 14.3. The summed E-state index contributed by atoms with van der Waals surface area (Å²) in [5, 5.41) is 12.9. The van der Waals surface area contributed by atoms with Gasteiger partial charge < -0.3 is 10.4 Å². The Balaban J connectivity index is 2.19. The first-order valence-corrected chi connectivity index (χ1v) is 6.30. The zero-order valence-electron chi connectivity index (χ0n) is 10.4. The Morgan fingerprint density at radius 1 is 1.21 bits per heavy atom. The largest absolute Gasteiger partial charge is 0.478 e. The molecule has 0 amide bonds. The van der Waals surface area contributed by atoms with Crippen LogP contribution < -0.4 is 5.32 Å². The van der Waals surface area contributed by atoms with Gasteiger partial charge in [-0.25, -0.2) is 4.79 Å². The lowest BCUT2D eigenvalue weighted by Gasteiger charge is -2.17. The number of carboxylic acids is 1. The number of anilines is 1. The van der Waals surface area contributed by atoms with E-state index in [4.69, 9.17) is 16.7 Å². The van der Waals surface area contributed by atoms with E-state index in [0.29, 0.717) is 5.02 Å². The highest BCUT2D eigenvalue weighted by Gasteiger charge is 2.10. The maximum absolute atomic E-state index is 10.9. The SMILES string of the molecule is CC(Nc1cccc(C(=O)O)c1)c1ccccc1Cl. The van der Waals surface area contributed by atoms with Crippen molar-refractivity contribution in [3.63, 3.8) is 0 Å². The second-order valence-corrected chi connectivity index (χ2v) is 4.68. The average molecular weight is 276 g/mol. The van der Waals surface area contributed by atoms with Crippen LogP contribution >= 0.6 is 11.6 Å². The van der Waals surface area contributed by atoms with E-state index in [1.54, 1.807) is 18.2 Å². The minimum atomic E-state index is -0.936. The molecule has 19 heavy (non-hydrogen) atoms. The number of benzene rings is 2. The van der Waals surface area contributed by atoms with Crippen molar-refractivity contribution in [2.45, 2.75) is 13.0 Å². The Morgan fingerprint density at radius 2 is 1.95 bits per heavy atom. The van der Waals surface area contributed by atoms with Gasteiger partial charge in [0.15, 0.2) is 0 Å². The van der Waals surface area contributed by atoms with Gasteiger partial charge in [-0.3, -0.25) is 0 Å². The van der Waals surface area contributed by atoms with Crippen molar-refractivity contribution in [1.82, 2.24) is 0 Å². The van der Waals surface area contributed by atoms with Crippen LogP contribution in [-0.2, 0) is 0 Å². The molecule has 0 aliphatic heterocycles. The highest BCUT2D eigenvalue weighted by atomic mass is 35.5. The number of carbonyl (C=O) groups is 1. The summed E-state index contributed by atoms with van der Waals surface area (Å²) < 4.78 is 0. The Labute approximate surface area is 116 Å². The van der Waals surface area contributed by atoms with Crippen molar-refractivity contribution in [2.75, 3.05) is 5.32 Å². The fourth-order valence-corrected chi connectivity index (χ4v) is 2.20. The molecular formula is C15H14ClNO2. The van der Waals surface area contributed by atoms with E-state index in [0.717, 1.165) is 11.3 Å². The Hall–Kier alpha value is -2.00. The predicted molar refractivity (Wildman–Crippen MR) is 76.9 cm³/mol. The molecule has 2 rings (SSSR count). The molecule has 1 unspecified atom stereocenters. The number of rotatable bonds is 4. The van der Waals surface area contributed by atoms with Gasteiger partial charge in [-0.1, -0.05) is 35.9 Å². The lowest BCUT2D eigenvalue weighted by Crippen LogP contribution is -2.08. The molecule has 4 heteroatoms. The van der Waals surface area contributed by atoms with E-state index < -0.39 is 5.97 Å². The van der Waals surface area contributed by atoms with E-state index in [-0.39, 0.29) is 11.6 Å². The van der Waals surface area contributed by atoms with Crippen LogP contribution in [0.1, 0.15) is 28.9 Å². The zero-order valence-corrected chi connectivity index (χ0v) is 11.2. The molecule has 0 saturated heterocycles. The molecule has 0 aromatic heterocycles. The molecule has 0 spiro atoms. The number of carboxylic acid groups (broad SMARTS) is 1. The third-order valence-corrected chi connectivity index (χ3v) is 3.21. The second kappa shape index (κ2) is 5.76. The normalized spacial score (nSPS) is 11.9. The van der Waals surface area contributed by atoms with Gasteiger partial charge in [-0.15, -0.1) is 0 Å². The Kier molecular flexibility index (Phi) is 4.07. The molecule has 3 nitrogen and oxygen atoms in total. The minimum Gasteiger partial charge on any atom is -0.478 e. The van der Waals surface area contributed by atoms with E-state index in [2.05, 4.69) is 5.32 Å². The quantitative estimate of drug-likeness (QED) is 0.879. The molecule has 0 fully saturated rings. The van der Waals surface area contributed by atoms with E-state index in [1.807, 2.05) is 37.3 Å². The van der Waals surface area contributed by atoms with Gasteiger partial charge in [0.1, 0.15) is 0 Å². The number of halogens is 1. The summed E-state index contributed by atoms with van der Waals surface area (Å²) in [6.07, 6.45) is 0. The standard InChI is InChI=1S/C15H14ClNO2/c1-10(13-7-2-3-8-14(13)16)17-12-6-4-5-11(9-12)15(18)19/h2-10,17H,1H3,(H,18,19). The van der Waals surface area contributed by atoms with Gasteiger partial charge in [-0.2, -0.15) is 0 Å². The topological polar surface area (TPSA) is 49.3 Å². The summed E-state index contributed by atoms with van der Waals surface area (Å²) in [7, 11) is 0. The van der Waals surface area contributed by atoms with Crippen molar-refractivity contribution in [1.29, 1.82) is 0 Å². The van der Waals surface area contributed by atoms with Crippen molar-refractivity contribution >= 4 is 23.3 Å². The molecule has 0 aliphatic carbocycles. The van der Waals surface area contributed by atoms with E-state index in [1.165, 1.54) is 0 Å². The summed E-state index contributed by atoms with van der Waals surface area (Å²) in [6.45, 7) is 1.98. The van der Waals surface area contributed by atoms with Crippen molar-refractivity contribution in [3.05, 3.63) is 64.7 Å². The second-order valence-electron chi connectivity index (χ2n) is 4.27. The maximum atomic E-state index is 10.9. The monoisotopic (exact) mass is 275 g/mol. The number of hydrogen-bond acceptors (Lipinski definition) is 2. The van der Waals surface area contributed by atoms with Crippen LogP contribution in [0.5, 0.6) is 0 Å². The molecule has 2 N–H and O–H groups in total. The lowest BCUT2D eigenvalue weighted by molar-refractivity contribution is 0.0697. The highest BCUT2D eigenvalue weighted by Crippen LogP contribution is 2.25. The first kappa shape index (κ1) is 13.4. The summed E-state index contributed by atoms with van der Waals surface area (Å²) >= 11 is 6.13. The van der Waals surface area contributed by atoms with Gasteiger partial charge in [0, 0.05) is 16.8 Å². The van der Waals surface area contributed by atoms with Crippen molar-refractivity contribution in [2.24, 2.45) is 0 Å². The Morgan fingerprint density at radius 3 is 2.63 bits per heavy atom. The summed E-state index contributed by atoms with van der Waals surface area (Å²) in [4.78, 5) is 10.9. The fraction of sp³-hybridized carbons (Fsp3) is 0.133. The molecule has 0 bridgehead atoms. The van der Waals surface area contributed by atoms with Crippen LogP contribution in [0.4, 0.5) is 5.69 Å². The third-order valence-electron chi connectivity index (χ3n) is 2.86. The number of hydrogen-bond donors (Lipinski definition) is 2. The summed E-state index contributed by atoms with van der Waals surface area (Å²) in [5.41, 5.74) is 1.99. The minimum absolute atomic E-state index is 0.00209. The van der Waals surface area contributed by atoms with Crippen LogP contribution in [0.3, 0.4) is 0 Å². The number of nitrogens with one attached hydrogen (secondary N) is 1. The first-order chi connectivity index (χ1) is 9.08. The average Bonchev–Trinajstić information content (AvgIpc) is 2.39. The maximum Gasteiger partial charge on any atom is 0.335 e. The summed E-state index contributed by atoms with van der Waals surface area (Å²) in [5.74, 6) is -0.936. The van der Waals surface area contributed by atoms with E-state index >= 15 is 0 Å². The molecule has 0 saturated carbocycles. The van der Waals surface area contributed by atoms with Crippen molar-refractivity contribution < 1.29 is 9.90 Å². The van der Waals surface area contributed by atoms with Gasteiger partial charge in [-0.05, 0) is 36.8 Å². The molecule has 2 aromatic carbocycles. The molecule has 1 atom stereocenters. The van der Waals surface area contributed by atoms with Crippen molar-refractivity contribution in [3.8, 4) is 0 Å². The van der Waals surface area contributed by atoms with Crippen LogP contribution in [0.25, 0.3) is 0 Å². The first-order valence-electron chi connectivity index (χ1n) is 5.92. The highest BCUT2D eigenvalue weighted by molar-refractivity contribution is 6.31. The van der Waals surface area contributed by atoms with Gasteiger partial charge in [0.05, 0.1) is 5.56 Å². The van der Waals surface area contributed by atoms with Crippen LogP contribution in [0.15, 0.2) is 48.5 Å². The molecule has 0 aliphatic rings. The number of aromatic carboxylic acids is 1. The lowest BCUT2D eigenvalue weighted by atomic mass is 10.1. The smallest absolute Gasteiger partial charge is 0.335 e. The molecule has 2 aromatic rings. The Bertz CT molecular complexity index is 598. The van der Waals surface area contributed by atoms with Crippen LogP contribution in [-0.4, -0.2) is 11.1 Å². The third kappa shape index (κ3) is 3.26. The molecule has 98 valence electrons. The van der Waals surface area contributed by atoms with E-state index in [9.17, 15) is 4.79 Å². The molecular weight excluding hydrogens is 262 g/mol. The van der Waals surface area contributed by atoms with Gasteiger partial charge >= 0.3 is 5.97 Å². The zero-order chi connectivity index (χ0) is 13.8. The van der Waals surface area contributed by atoms with Gasteiger partial charge in [0.2, 0.25) is 0 Å².